The van der Waals surface area contributed by atoms with E-state index in [0.29, 0.717) is 17.6 Å². The predicted molar refractivity (Wildman–Crippen MR) is 88.3 cm³/mol. The molecule has 0 unspecified atom stereocenters. The summed E-state index contributed by atoms with van der Waals surface area (Å²) in [6, 6.07) is 2.26. The first-order valence-electron chi connectivity index (χ1n) is 9.20. The zero-order valence-corrected chi connectivity index (χ0v) is 13.5. The molecule has 1 aromatic heterocycles. The van der Waals surface area contributed by atoms with E-state index in [0.717, 1.165) is 5.75 Å². The van der Waals surface area contributed by atoms with Crippen molar-refractivity contribution in [3.8, 4) is 5.75 Å². The molecule has 120 valence electrons. The van der Waals surface area contributed by atoms with Gasteiger partial charge >= 0.3 is 0 Å². The number of pyridine rings is 1. The van der Waals surface area contributed by atoms with Gasteiger partial charge in [-0.3, -0.25) is 4.98 Å². The highest BCUT2D eigenvalue weighted by Crippen LogP contribution is 2.42. The van der Waals surface area contributed by atoms with Gasteiger partial charge in [0.15, 0.2) is 0 Å². The lowest BCUT2D eigenvalue weighted by Gasteiger charge is -2.37. The maximum absolute atomic E-state index is 6.13. The summed E-state index contributed by atoms with van der Waals surface area (Å²) < 4.78 is 6.13. The van der Waals surface area contributed by atoms with Crippen LogP contribution in [0.15, 0.2) is 18.5 Å². The normalized spacial score (nSPS) is 32.6. The van der Waals surface area contributed by atoms with Gasteiger partial charge in [0.05, 0.1) is 12.3 Å². The maximum Gasteiger partial charge on any atom is 0.138 e. The molecule has 0 aromatic carbocycles. The van der Waals surface area contributed by atoms with Crippen molar-refractivity contribution in [1.82, 2.24) is 10.3 Å². The predicted octanol–water partition coefficient (Wildman–Crippen LogP) is 4.18. The molecule has 1 saturated heterocycles. The van der Waals surface area contributed by atoms with Gasteiger partial charge in [-0.2, -0.15) is 0 Å². The van der Waals surface area contributed by atoms with Crippen LogP contribution in [0.4, 0.5) is 0 Å². The minimum Gasteiger partial charge on any atom is -0.489 e. The average Bonchev–Trinajstić information content (AvgIpc) is 3.21. The summed E-state index contributed by atoms with van der Waals surface area (Å²) in [4.78, 5) is 4.45. The van der Waals surface area contributed by atoms with E-state index >= 15 is 0 Å². The molecule has 22 heavy (non-hydrogen) atoms. The summed E-state index contributed by atoms with van der Waals surface area (Å²) >= 11 is 0. The fraction of sp³-hybridized carbons (Fsp3) is 0.737. The van der Waals surface area contributed by atoms with Gasteiger partial charge < -0.3 is 10.1 Å². The number of hydrogen-bond donors (Lipinski definition) is 1. The van der Waals surface area contributed by atoms with Crippen LogP contribution < -0.4 is 10.1 Å². The summed E-state index contributed by atoms with van der Waals surface area (Å²) in [6.07, 6.45) is 17.4. The van der Waals surface area contributed by atoms with Gasteiger partial charge in [0, 0.05) is 11.7 Å². The minimum atomic E-state index is 0.425. The van der Waals surface area contributed by atoms with E-state index in [4.69, 9.17) is 4.74 Å². The number of aromatic nitrogens is 1. The van der Waals surface area contributed by atoms with Crippen LogP contribution in [0.25, 0.3) is 0 Å². The SMILES string of the molecule is c1ncc(C2CCC3(CCCN3)CC2)cc1OC1CCCC1. The summed E-state index contributed by atoms with van der Waals surface area (Å²) in [5, 5.41) is 3.76. The molecule has 0 radical (unpaired) electrons. The van der Waals surface area contributed by atoms with Gasteiger partial charge in [-0.1, -0.05) is 0 Å². The van der Waals surface area contributed by atoms with Crippen molar-refractivity contribution >= 4 is 0 Å². The van der Waals surface area contributed by atoms with Crippen LogP contribution in [-0.2, 0) is 0 Å². The smallest absolute Gasteiger partial charge is 0.138 e. The lowest BCUT2D eigenvalue weighted by atomic mass is 9.74. The molecule has 3 aliphatic rings. The minimum absolute atomic E-state index is 0.425. The maximum atomic E-state index is 6.13. The highest BCUT2D eigenvalue weighted by molar-refractivity contribution is 5.27. The van der Waals surface area contributed by atoms with Crippen molar-refractivity contribution in [3.05, 3.63) is 24.0 Å². The molecule has 1 aliphatic heterocycles. The third kappa shape index (κ3) is 3.01. The molecular formula is C19H28N2O. The van der Waals surface area contributed by atoms with Gasteiger partial charge in [0.2, 0.25) is 0 Å². The van der Waals surface area contributed by atoms with Crippen LogP contribution in [-0.4, -0.2) is 23.2 Å². The first kappa shape index (κ1) is 14.5. The van der Waals surface area contributed by atoms with Crippen molar-refractivity contribution in [2.75, 3.05) is 6.54 Å². The number of rotatable bonds is 3. The van der Waals surface area contributed by atoms with Gasteiger partial charge in [-0.15, -0.1) is 0 Å². The number of nitrogens with zero attached hydrogens (tertiary/aromatic N) is 1. The van der Waals surface area contributed by atoms with Crippen LogP contribution in [0.5, 0.6) is 5.75 Å². The number of hydrogen-bond acceptors (Lipinski definition) is 3. The second-order valence-electron chi connectivity index (χ2n) is 7.56. The molecule has 2 aliphatic carbocycles. The third-order valence-electron chi connectivity index (χ3n) is 6.09. The molecule has 0 atom stereocenters. The van der Waals surface area contributed by atoms with Crippen molar-refractivity contribution in [2.24, 2.45) is 0 Å². The van der Waals surface area contributed by atoms with Crippen LogP contribution in [0.3, 0.4) is 0 Å². The quantitative estimate of drug-likeness (QED) is 0.909. The summed E-state index contributed by atoms with van der Waals surface area (Å²) in [6.45, 7) is 1.22. The highest BCUT2D eigenvalue weighted by atomic mass is 16.5. The Morgan fingerprint density at radius 3 is 2.55 bits per heavy atom. The molecular weight excluding hydrogens is 272 g/mol. The molecule has 0 bridgehead atoms. The Hall–Kier alpha value is -1.09. The average molecular weight is 300 g/mol. The van der Waals surface area contributed by atoms with Crippen LogP contribution >= 0.6 is 0 Å². The van der Waals surface area contributed by atoms with E-state index in [9.17, 15) is 0 Å². The Kier molecular flexibility index (Phi) is 4.08. The molecule has 3 fully saturated rings. The topological polar surface area (TPSA) is 34.2 Å². The Bertz CT molecular complexity index is 494. The number of nitrogens with one attached hydrogen (secondary N) is 1. The largest absolute Gasteiger partial charge is 0.489 e. The van der Waals surface area contributed by atoms with E-state index in [1.165, 1.54) is 76.3 Å². The van der Waals surface area contributed by atoms with Gasteiger partial charge in [-0.05, 0) is 88.3 Å². The van der Waals surface area contributed by atoms with Crippen LogP contribution in [0.2, 0.25) is 0 Å². The van der Waals surface area contributed by atoms with Crippen molar-refractivity contribution in [2.45, 2.75) is 81.8 Å². The monoisotopic (exact) mass is 300 g/mol. The molecule has 2 heterocycles. The summed E-state index contributed by atoms with van der Waals surface area (Å²) in [5.41, 5.74) is 1.87. The van der Waals surface area contributed by atoms with E-state index in [1.54, 1.807) is 0 Å². The summed E-state index contributed by atoms with van der Waals surface area (Å²) in [5.74, 6) is 1.66. The van der Waals surface area contributed by atoms with E-state index in [-0.39, 0.29) is 0 Å². The molecule has 1 aromatic rings. The molecule has 2 saturated carbocycles. The zero-order valence-electron chi connectivity index (χ0n) is 13.5. The molecule has 0 amide bonds. The highest BCUT2D eigenvalue weighted by Gasteiger charge is 2.37. The standard InChI is InChI=1S/C19H28N2O/c1-2-5-17(4-1)22-18-12-16(13-20-14-18)15-6-9-19(10-7-15)8-3-11-21-19/h12-15,17,21H,1-11H2. The Morgan fingerprint density at radius 1 is 1.00 bits per heavy atom. The van der Waals surface area contributed by atoms with Crippen molar-refractivity contribution in [3.63, 3.8) is 0 Å². The zero-order chi connectivity index (χ0) is 14.8. The molecule has 1 N–H and O–H groups in total. The molecule has 1 spiro atoms. The van der Waals surface area contributed by atoms with E-state index in [2.05, 4.69) is 22.6 Å². The second-order valence-corrected chi connectivity index (χ2v) is 7.56. The lowest BCUT2D eigenvalue weighted by Crippen LogP contribution is -2.42. The molecule has 3 heteroatoms. The van der Waals surface area contributed by atoms with Crippen LogP contribution in [0.1, 0.15) is 75.7 Å². The number of ether oxygens (including phenoxy) is 1. The van der Waals surface area contributed by atoms with Gasteiger partial charge in [0.1, 0.15) is 5.75 Å². The van der Waals surface area contributed by atoms with E-state index < -0.39 is 0 Å². The van der Waals surface area contributed by atoms with Gasteiger partial charge in [-0.25, -0.2) is 0 Å². The van der Waals surface area contributed by atoms with Crippen LogP contribution in [0, 0.1) is 0 Å². The van der Waals surface area contributed by atoms with Gasteiger partial charge in [0.25, 0.3) is 0 Å². The van der Waals surface area contributed by atoms with E-state index in [1.807, 2.05) is 6.20 Å². The Balaban J connectivity index is 1.40. The van der Waals surface area contributed by atoms with Crippen molar-refractivity contribution in [1.29, 1.82) is 0 Å². The fourth-order valence-electron chi connectivity index (χ4n) is 4.72. The summed E-state index contributed by atoms with van der Waals surface area (Å²) in [7, 11) is 0. The third-order valence-corrected chi connectivity index (χ3v) is 6.09. The molecule has 3 nitrogen and oxygen atoms in total. The first-order valence-corrected chi connectivity index (χ1v) is 9.20. The second kappa shape index (κ2) is 6.19. The lowest BCUT2D eigenvalue weighted by molar-refractivity contribution is 0.208. The Morgan fingerprint density at radius 2 is 1.82 bits per heavy atom. The Labute approximate surface area is 133 Å². The fourth-order valence-corrected chi connectivity index (χ4v) is 4.72. The molecule has 4 rings (SSSR count). The first-order chi connectivity index (χ1) is 10.8. The van der Waals surface area contributed by atoms with Crippen molar-refractivity contribution < 1.29 is 4.74 Å².